The predicted molar refractivity (Wildman–Crippen MR) is 106 cm³/mol. The van der Waals surface area contributed by atoms with Gasteiger partial charge < -0.3 is 10.4 Å². The van der Waals surface area contributed by atoms with E-state index in [1.807, 2.05) is 37.3 Å². The average molecular weight is 386 g/mol. The predicted octanol–water partition coefficient (Wildman–Crippen LogP) is 2.99. The number of benzene rings is 1. The molecule has 2 heterocycles. The molecule has 0 aliphatic heterocycles. The maximum atomic E-state index is 12.2. The number of rotatable bonds is 9. The van der Waals surface area contributed by atoms with Crippen molar-refractivity contribution in [2.24, 2.45) is 0 Å². The number of anilines is 1. The summed E-state index contributed by atoms with van der Waals surface area (Å²) in [5.74, 6) is -0.832. The van der Waals surface area contributed by atoms with E-state index in [1.165, 1.54) is 21.9 Å². The van der Waals surface area contributed by atoms with E-state index in [2.05, 4.69) is 15.4 Å². The third-order valence-electron chi connectivity index (χ3n) is 4.16. The van der Waals surface area contributed by atoms with Crippen LogP contribution in [0.15, 0.2) is 41.2 Å². The lowest BCUT2D eigenvalue weighted by Crippen LogP contribution is -2.24. The maximum absolute atomic E-state index is 12.2. The van der Waals surface area contributed by atoms with Gasteiger partial charge in [0, 0.05) is 24.2 Å². The molecule has 0 aliphatic rings. The zero-order chi connectivity index (χ0) is 19.2. The van der Waals surface area contributed by atoms with Crippen LogP contribution < -0.4 is 10.9 Å². The largest absolute Gasteiger partial charge is 0.481 e. The van der Waals surface area contributed by atoms with Crippen molar-refractivity contribution in [2.75, 3.05) is 5.32 Å². The number of aryl methyl sites for hydroxylation is 1. The first-order chi connectivity index (χ1) is 13.0. The molecule has 8 heteroatoms. The van der Waals surface area contributed by atoms with Gasteiger partial charge in [0.2, 0.25) is 10.1 Å². The number of carbonyl (C=O) groups is 1. The Hall–Kier alpha value is -2.74. The molecular formula is C19H22N4O3S. The molecule has 2 N–H and O–H groups in total. The van der Waals surface area contributed by atoms with Crippen molar-refractivity contribution in [2.45, 2.75) is 45.1 Å². The van der Waals surface area contributed by atoms with E-state index in [4.69, 9.17) is 5.11 Å². The summed E-state index contributed by atoms with van der Waals surface area (Å²) in [6, 6.07) is 11.3. The molecule has 27 heavy (non-hydrogen) atoms. The molecule has 7 nitrogen and oxygen atoms in total. The maximum Gasteiger partial charge on any atom is 0.303 e. The monoisotopic (exact) mass is 386 g/mol. The highest BCUT2D eigenvalue weighted by atomic mass is 32.1. The molecule has 0 amide bonds. The fraction of sp³-hybridized carbons (Fsp3) is 0.368. The number of fused-ring (bicyclic) bond motifs is 1. The lowest BCUT2D eigenvalue weighted by molar-refractivity contribution is -0.137. The second kappa shape index (κ2) is 8.77. The molecular weight excluding hydrogens is 364 g/mol. The Bertz CT molecular complexity index is 968. The summed E-state index contributed by atoms with van der Waals surface area (Å²) in [6.07, 6.45) is 2.87. The van der Waals surface area contributed by atoms with Gasteiger partial charge in [0.25, 0.3) is 5.56 Å². The van der Waals surface area contributed by atoms with E-state index >= 15 is 0 Å². The van der Waals surface area contributed by atoms with Crippen LogP contribution in [0.3, 0.4) is 0 Å². The van der Waals surface area contributed by atoms with Crippen LogP contribution in [0.4, 0.5) is 5.13 Å². The lowest BCUT2D eigenvalue weighted by atomic mass is 10.0. The quantitative estimate of drug-likeness (QED) is 0.587. The summed E-state index contributed by atoms with van der Waals surface area (Å²) >= 11 is 1.31. The number of carboxylic acids is 1. The van der Waals surface area contributed by atoms with Gasteiger partial charge in [-0.1, -0.05) is 55.0 Å². The number of hydrogen-bond donors (Lipinski definition) is 2. The number of aliphatic carboxylic acids is 1. The van der Waals surface area contributed by atoms with Gasteiger partial charge in [-0.3, -0.25) is 9.59 Å². The van der Waals surface area contributed by atoms with Gasteiger partial charge in [-0.05, 0) is 24.8 Å². The fourth-order valence-electron chi connectivity index (χ4n) is 2.89. The Balaban J connectivity index is 1.82. The third-order valence-corrected chi connectivity index (χ3v) is 5.00. The van der Waals surface area contributed by atoms with Crippen molar-refractivity contribution >= 4 is 27.4 Å². The molecule has 0 fully saturated rings. The minimum absolute atomic E-state index is 0.0637. The topological polar surface area (TPSA) is 96.6 Å². The van der Waals surface area contributed by atoms with Crippen molar-refractivity contribution in [1.29, 1.82) is 0 Å². The summed E-state index contributed by atoms with van der Waals surface area (Å²) in [4.78, 5) is 28.3. The van der Waals surface area contributed by atoms with E-state index in [-0.39, 0.29) is 18.0 Å². The molecule has 0 saturated heterocycles. The van der Waals surface area contributed by atoms with Crippen molar-refractivity contribution in [3.63, 3.8) is 0 Å². The summed E-state index contributed by atoms with van der Waals surface area (Å²) < 4.78 is 1.29. The van der Waals surface area contributed by atoms with Gasteiger partial charge in [-0.2, -0.15) is 4.52 Å². The Morgan fingerprint density at radius 2 is 2.11 bits per heavy atom. The second-order valence-electron chi connectivity index (χ2n) is 6.40. The summed E-state index contributed by atoms with van der Waals surface area (Å²) in [5, 5.41) is 17.2. The zero-order valence-corrected chi connectivity index (χ0v) is 15.9. The first-order valence-corrected chi connectivity index (χ1v) is 9.79. The summed E-state index contributed by atoms with van der Waals surface area (Å²) in [6.45, 7) is 2.04. The molecule has 1 aromatic carbocycles. The van der Waals surface area contributed by atoms with Gasteiger partial charge in [0.05, 0.1) is 0 Å². The molecule has 0 bridgehead atoms. The SMILES string of the molecule is CCCc1cc(=O)n2nc(NC(CCC(=O)O)Cc3ccccc3)sc2n1. The standard InChI is InChI=1S/C19H22N4O3S/c1-2-6-14-12-16(24)23-19(21-14)27-18(22-23)20-15(9-10-17(25)26)11-13-7-4-3-5-8-13/h3-5,7-8,12,15H,2,6,9-11H2,1H3,(H,20,22)(H,25,26). The van der Waals surface area contributed by atoms with Crippen LogP contribution in [-0.2, 0) is 17.6 Å². The Kier molecular flexibility index (Phi) is 6.18. The van der Waals surface area contributed by atoms with Crippen LogP contribution >= 0.6 is 11.3 Å². The number of nitrogens with one attached hydrogen (secondary N) is 1. The Morgan fingerprint density at radius 3 is 2.81 bits per heavy atom. The number of carboxylic acid groups (broad SMARTS) is 1. The molecule has 3 aromatic rings. The summed E-state index contributed by atoms with van der Waals surface area (Å²) in [5.41, 5.74) is 1.68. The highest BCUT2D eigenvalue weighted by molar-refractivity contribution is 7.20. The van der Waals surface area contributed by atoms with Crippen LogP contribution in [0.1, 0.15) is 37.4 Å². The van der Waals surface area contributed by atoms with E-state index < -0.39 is 5.97 Å². The van der Waals surface area contributed by atoms with Crippen molar-refractivity contribution in [3.8, 4) is 0 Å². The van der Waals surface area contributed by atoms with Crippen LogP contribution in [0.25, 0.3) is 4.96 Å². The van der Waals surface area contributed by atoms with Crippen LogP contribution in [0.2, 0.25) is 0 Å². The van der Waals surface area contributed by atoms with Gasteiger partial charge in [-0.25, -0.2) is 4.98 Å². The average Bonchev–Trinajstić information content (AvgIpc) is 3.04. The normalized spacial score (nSPS) is 12.2. The highest BCUT2D eigenvalue weighted by Crippen LogP contribution is 2.20. The van der Waals surface area contributed by atoms with Crippen molar-refractivity contribution < 1.29 is 9.90 Å². The Morgan fingerprint density at radius 1 is 1.33 bits per heavy atom. The van der Waals surface area contributed by atoms with E-state index in [0.29, 0.717) is 22.9 Å². The fourth-order valence-corrected chi connectivity index (χ4v) is 3.80. The molecule has 3 rings (SSSR count). The van der Waals surface area contributed by atoms with Crippen molar-refractivity contribution in [1.82, 2.24) is 14.6 Å². The molecule has 0 radical (unpaired) electrons. The minimum Gasteiger partial charge on any atom is -0.481 e. The summed E-state index contributed by atoms with van der Waals surface area (Å²) in [7, 11) is 0. The molecule has 0 aliphatic carbocycles. The highest BCUT2D eigenvalue weighted by Gasteiger charge is 2.15. The smallest absolute Gasteiger partial charge is 0.303 e. The first-order valence-electron chi connectivity index (χ1n) is 8.97. The van der Waals surface area contributed by atoms with Crippen LogP contribution in [-0.4, -0.2) is 31.7 Å². The zero-order valence-electron chi connectivity index (χ0n) is 15.1. The van der Waals surface area contributed by atoms with Gasteiger partial charge in [0.1, 0.15) is 0 Å². The number of aromatic nitrogens is 3. The van der Waals surface area contributed by atoms with Gasteiger partial charge in [0.15, 0.2) is 0 Å². The third kappa shape index (κ3) is 5.13. The van der Waals surface area contributed by atoms with Gasteiger partial charge >= 0.3 is 5.97 Å². The van der Waals surface area contributed by atoms with Crippen LogP contribution in [0, 0.1) is 0 Å². The first kappa shape index (κ1) is 19.0. The molecule has 1 unspecified atom stereocenters. The van der Waals surface area contributed by atoms with Crippen LogP contribution in [0.5, 0.6) is 0 Å². The van der Waals surface area contributed by atoms with E-state index in [9.17, 15) is 9.59 Å². The molecule has 1 atom stereocenters. The lowest BCUT2D eigenvalue weighted by Gasteiger charge is -2.17. The minimum atomic E-state index is -0.832. The van der Waals surface area contributed by atoms with Gasteiger partial charge in [-0.15, -0.1) is 5.10 Å². The van der Waals surface area contributed by atoms with Crippen molar-refractivity contribution in [3.05, 3.63) is 58.0 Å². The molecule has 0 saturated carbocycles. The molecule has 0 spiro atoms. The number of nitrogens with zero attached hydrogens (tertiary/aromatic N) is 3. The Labute approximate surface area is 160 Å². The van der Waals surface area contributed by atoms with E-state index in [0.717, 1.165) is 24.1 Å². The molecule has 142 valence electrons. The number of hydrogen-bond acceptors (Lipinski definition) is 6. The van der Waals surface area contributed by atoms with E-state index in [1.54, 1.807) is 0 Å². The molecule has 2 aromatic heterocycles. The second-order valence-corrected chi connectivity index (χ2v) is 7.36.